The molecule has 0 aliphatic carbocycles. The number of aromatic carboxylic acids is 1. The lowest BCUT2D eigenvalue weighted by Crippen LogP contribution is -2.07. The van der Waals surface area contributed by atoms with Gasteiger partial charge in [0, 0.05) is 5.56 Å². The minimum atomic E-state index is -1.12. The van der Waals surface area contributed by atoms with Gasteiger partial charge in [0.2, 0.25) is 5.88 Å². The highest BCUT2D eigenvalue weighted by Gasteiger charge is 2.20. The van der Waals surface area contributed by atoms with E-state index in [2.05, 4.69) is 10.1 Å². The molecular weight excluding hydrogens is 322 g/mol. The molecule has 128 valence electrons. The van der Waals surface area contributed by atoms with E-state index in [4.69, 9.17) is 4.74 Å². The standard InChI is InChI=1S/C18H17N3O4/c1-3-25-17-13(18(23)24)10-19-21(17)15-9-5-8-14(20-15)12-7-4-6-11(2)16(12)22/h4-10,22H,3H2,1-2H3,(H,23,24). The minimum Gasteiger partial charge on any atom is -0.507 e. The molecule has 2 N–H and O–H groups in total. The fourth-order valence-electron chi connectivity index (χ4n) is 2.48. The average Bonchev–Trinajstić information content (AvgIpc) is 3.02. The van der Waals surface area contributed by atoms with Gasteiger partial charge >= 0.3 is 5.97 Å². The third kappa shape index (κ3) is 3.03. The maximum Gasteiger partial charge on any atom is 0.342 e. The van der Waals surface area contributed by atoms with Crippen LogP contribution in [0.3, 0.4) is 0 Å². The predicted molar refractivity (Wildman–Crippen MR) is 91.3 cm³/mol. The second-order valence-electron chi connectivity index (χ2n) is 5.37. The van der Waals surface area contributed by atoms with E-state index in [0.717, 1.165) is 5.56 Å². The Kier molecular flexibility index (Phi) is 4.38. The van der Waals surface area contributed by atoms with Gasteiger partial charge in [-0.25, -0.2) is 9.78 Å². The first kappa shape index (κ1) is 16.5. The number of pyridine rings is 1. The number of phenolic OH excluding ortho intramolecular Hbond substituents is 1. The number of aryl methyl sites for hydroxylation is 1. The number of aromatic hydroxyl groups is 1. The zero-order valence-corrected chi connectivity index (χ0v) is 13.8. The van der Waals surface area contributed by atoms with E-state index in [1.165, 1.54) is 10.9 Å². The zero-order valence-electron chi connectivity index (χ0n) is 13.8. The number of ether oxygens (including phenoxy) is 1. The van der Waals surface area contributed by atoms with Crippen LogP contribution >= 0.6 is 0 Å². The van der Waals surface area contributed by atoms with E-state index in [1.54, 1.807) is 31.2 Å². The predicted octanol–water partition coefficient (Wildman–Crippen LogP) is 3.05. The minimum absolute atomic E-state index is 0.0348. The van der Waals surface area contributed by atoms with Crippen LogP contribution in [-0.4, -0.2) is 37.6 Å². The number of rotatable bonds is 5. The van der Waals surface area contributed by atoms with E-state index < -0.39 is 5.97 Å². The quantitative estimate of drug-likeness (QED) is 0.741. The maximum atomic E-state index is 11.3. The van der Waals surface area contributed by atoms with E-state index in [0.29, 0.717) is 23.7 Å². The Morgan fingerprint density at radius 1 is 1.24 bits per heavy atom. The second kappa shape index (κ2) is 6.64. The molecule has 2 aromatic heterocycles. The molecule has 3 aromatic rings. The SMILES string of the molecule is CCOc1c(C(=O)O)cnn1-c1cccc(-c2cccc(C)c2O)n1. The monoisotopic (exact) mass is 339 g/mol. The van der Waals surface area contributed by atoms with E-state index in [-0.39, 0.29) is 17.2 Å². The molecule has 0 aliphatic rings. The molecule has 7 heteroatoms. The molecule has 7 nitrogen and oxygen atoms in total. The van der Waals surface area contributed by atoms with Gasteiger partial charge < -0.3 is 14.9 Å². The maximum absolute atomic E-state index is 11.3. The number of carbonyl (C=O) groups is 1. The third-order valence-corrected chi connectivity index (χ3v) is 3.70. The molecule has 0 fully saturated rings. The number of nitrogens with zero attached hydrogens (tertiary/aromatic N) is 3. The van der Waals surface area contributed by atoms with Crippen LogP contribution in [0, 0.1) is 6.92 Å². The van der Waals surface area contributed by atoms with Crippen LogP contribution < -0.4 is 4.74 Å². The largest absolute Gasteiger partial charge is 0.507 e. The highest BCUT2D eigenvalue weighted by Crippen LogP contribution is 2.31. The third-order valence-electron chi connectivity index (χ3n) is 3.70. The topological polar surface area (TPSA) is 97.5 Å². The summed E-state index contributed by atoms with van der Waals surface area (Å²) in [7, 11) is 0. The lowest BCUT2D eigenvalue weighted by atomic mass is 10.1. The summed E-state index contributed by atoms with van der Waals surface area (Å²) in [5, 5.41) is 23.6. The van der Waals surface area contributed by atoms with Crippen LogP contribution in [0.15, 0.2) is 42.6 Å². The van der Waals surface area contributed by atoms with Gasteiger partial charge in [0.05, 0.1) is 18.5 Å². The summed E-state index contributed by atoms with van der Waals surface area (Å²) < 4.78 is 6.78. The van der Waals surface area contributed by atoms with Crippen molar-refractivity contribution < 1.29 is 19.7 Å². The van der Waals surface area contributed by atoms with Gasteiger partial charge in [-0.3, -0.25) is 0 Å². The van der Waals surface area contributed by atoms with Crippen LogP contribution in [-0.2, 0) is 0 Å². The fraction of sp³-hybridized carbons (Fsp3) is 0.167. The van der Waals surface area contributed by atoms with Crippen molar-refractivity contribution in [3.8, 4) is 28.7 Å². The number of aromatic nitrogens is 3. The van der Waals surface area contributed by atoms with Crippen LogP contribution in [0.1, 0.15) is 22.8 Å². The smallest absolute Gasteiger partial charge is 0.342 e. The normalized spacial score (nSPS) is 10.6. The van der Waals surface area contributed by atoms with E-state index in [9.17, 15) is 15.0 Å². The van der Waals surface area contributed by atoms with Gasteiger partial charge in [-0.05, 0) is 37.6 Å². The molecule has 0 spiro atoms. The number of phenols is 1. The van der Waals surface area contributed by atoms with Crippen molar-refractivity contribution in [3.63, 3.8) is 0 Å². The first-order valence-electron chi connectivity index (χ1n) is 7.73. The summed E-state index contributed by atoms with van der Waals surface area (Å²) in [4.78, 5) is 15.8. The van der Waals surface area contributed by atoms with Gasteiger partial charge in [-0.1, -0.05) is 18.2 Å². The molecule has 0 unspecified atom stereocenters. The molecular formula is C18H17N3O4. The molecule has 1 aromatic carbocycles. The van der Waals surface area contributed by atoms with Crippen molar-refractivity contribution in [2.75, 3.05) is 6.61 Å². The molecule has 0 saturated carbocycles. The Labute approximate surface area is 144 Å². The van der Waals surface area contributed by atoms with Crippen molar-refractivity contribution in [2.45, 2.75) is 13.8 Å². The summed E-state index contributed by atoms with van der Waals surface area (Å²) in [5.41, 5.74) is 1.85. The Morgan fingerprint density at radius 3 is 2.72 bits per heavy atom. The number of hydrogen-bond donors (Lipinski definition) is 2. The van der Waals surface area contributed by atoms with Gasteiger partial charge in [-0.15, -0.1) is 0 Å². The Hall–Kier alpha value is -3.35. The van der Waals surface area contributed by atoms with Gasteiger partial charge in [0.15, 0.2) is 5.82 Å². The van der Waals surface area contributed by atoms with Crippen molar-refractivity contribution >= 4 is 5.97 Å². The molecule has 0 aliphatic heterocycles. The fourth-order valence-corrected chi connectivity index (χ4v) is 2.48. The molecule has 0 bridgehead atoms. The summed E-state index contributed by atoms with van der Waals surface area (Å²) in [6.07, 6.45) is 1.23. The first-order chi connectivity index (χ1) is 12.0. The van der Waals surface area contributed by atoms with Crippen molar-refractivity contribution in [2.24, 2.45) is 0 Å². The highest BCUT2D eigenvalue weighted by molar-refractivity contribution is 5.90. The Balaban J connectivity index is 2.11. The second-order valence-corrected chi connectivity index (χ2v) is 5.37. The Morgan fingerprint density at radius 2 is 2.00 bits per heavy atom. The van der Waals surface area contributed by atoms with Crippen LogP contribution in [0.2, 0.25) is 0 Å². The average molecular weight is 339 g/mol. The van der Waals surface area contributed by atoms with Crippen LogP contribution in [0.4, 0.5) is 0 Å². The molecule has 0 atom stereocenters. The van der Waals surface area contributed by atoms with Crippen molar-refractivity contribution in [1.82, 2.24) is 14.8 Å². The van der Waals surface area contributed by atoms with E-state index >= 15 is 0 Å². The summed E-state index contributed by atoms with van der Waals surface area (Å²) in [6.45, 7) is 3.87. The lowest BCUT2D eigenvalue weighted by Gasteiger charge is -2.10. The number of hydrogen-bond acceptors (Lipinski definition) is 5. The van der Waals surface area contributed by atoms with Gasteiger partial charge in [0.25, 0.3) is 0 Å². The zero-order chi connectivity index (χ0) is 18.0. The number of para-hydroxylation sites is 1. The molecule has 3 rings (SSSR count). The highest BCUT2D eigenvalue weighted by atomic mass is 16.5. The van der Waals surface area contributed by atoms with Gasteiger partial charge in [-0.2, -0.15) is 9.78 Å². The Bertz CT molecular complexity index is 934. The number of carboxylic acid groups (broad SMARTS) is 1. The summed E-state index contributed by atoms with van der Waals surface area (Å²) >= 11 is 0. The first-order valence-corrected chi connectivity index (χ1v) is 7.73. The lowest BCUT2D eigenvalue weighted by molar-refractivity contribution is 0.0692. The molecule has 0 saturated heterocycles. The summed E-state index contributed by atoms with van der Waals surface area (Å²) in [6, 6.07) is 10.6. The van der Waals surface area contributed by atoms with Crippen LogP contribution in [0.5, 0.6) is 11.6 Å². The summed E-state index contributed by atoms with van der Waals surface area (Å²) in [5.74, 6) is -0.450. The number of carboxylic acids is 1. The van der Waals surface area contributed by atoms with Crippen LogP contribution in [0.25, 0.3) is 17.1 Å². The van der Waals surface area contributed by atoms with Gasteiger partial charge in [0.1, 0.15) is 11.3 Å². The van der Waals surface area contributed by atoms with E-state index in [1.807, 2.05) is 19.1 Å². The van der Waals surface area contributed by atoms with Crippen molar-refractivity contribution in [1.29, 1.82) is 0 Å². The molecule has 2 heterocycles. The molecule has 0 amide bonds. The molecule has 25 heavy (non-hydrogen) atoms. The number of benzene rings is 1. The molecule has 0 radical (unpaired) electrons. The van der Waals surface area contributed by atoms with Crippen molar-refractivity contribution in [3.05, 3.63) is 53.7 Å².